The van der Waals surface area contributed by atoms with Crippen LogP contribution in [0.4, 0.5) is 0 Å². The van der Waals surface area contributed by atoms with E-state index < -0.39 is 0 Å². The summed E-state index contributed by atoms with van der Waals surface area (Å²) < 4.78 is 0. The Balaban J connectivity index is 0.000000194. The second kappa shape index (κ2) is 11.7. The first-order chi connectivity index (χ1) is 15.7. The summed E-state index contributed by atoms with van der Waals surface area (Å²) in [5, 5.41) is 7.01. The van der Waals surface area contributed by atoms with Crippen LogP contribution in [0, 0.1) is 67.2 Å². The molecule has 0 aliphatic rings. The molecule has 0 aliphatic carbocycles. The molecule has 0 atom stereocenters. The molecule has 2 aromatic heterocycles. The summed E-state index contributed by atoms with van der Waals surface area (Å²) in [5.74, 6) is 6.22. The Morgan fingerprint density at radius 3 is 1.00 bits per heavy atom. The molecule has 0 nitrogen and oxygen atoms in total. The zero-order valence-corrected chi connectivity index (χ0v) is 25.4. The standard InChI is InChI=1S/C14H10.2C8H12P.Zr/c1-3-7-13(8-4-1)11-12-14-9-5-2-6-10-14;2*1-5-6(2)8(4)9-7(5)3;/h1-10H;2*1-4H3;/q;2*-1;+2. The van der Waals surface area contributed by atoms with E-state index in [9.17, 15) is 0 Å². The summed E-state index contributed by atoms with van der Waals surface area (Å²) in [6.45, 7) is 19.0. The molecule has 3 heteroatoms. The first-order valence-corrected chi connectivity index (χ1v) is 20.7. The van der Waals surface area contributed by atoms with Crippen LogP contribution in [-0.2, 0) is 22.1 Å². The van der Waals surface area contributed by atoms with Gasteiger partial charge in [-0.1, -0.05) is 48.2 Å². The fraction of sp³-hybridized carbons (Fsp3) is 0.267. The molecule has 4 rings (SSSR count). The van der Waals surface area contributed by atoms with Crippen molar-refractivity contribution in [1.82, 2.24) is 0 Å². The van der Waals surface area contributed by atoms with E-state index in [-0.39, 0.29) is 31.7 Å². The van der Waals surface area contributed by atoms with Gasteiger partial charge in [-0.25, -0.2) is 0 Å². The van der Waals surface area contributed by atoms with Gasteiger partial charge in [0, 0.05) is 11.1 Å². The van der Waals surface area contributed by atoms with E-state index in [1.54, 1.807) is 43.4 Å². The second-order valence-corrected chi connectivity index (χ2v) is 24.4. The van der Waals surface area contributed by atoms with Gasteiger partial charge >= 0.3 is 131 Å². The Labute approximate surface area is 213 Å². The average molecular weight is 548 g/mol. The quantitative estimate of drug-likeness (QED) is 0.219. The van der Waals surface area contributed by atoms with Gasteiger partial charge in [0.15, 0.2) is 0 Å². The molecular weight excluding hydrogens is 514 g/mol. The van der Waals surface area contributed by atoms with Crippen LogP contribution in [0.3, 0.4) is 0 Å². The fourth-order valence-corrected chi connectivity index (χ4v) is 32.7. The van der Waals surface area contributed by atoms with Gasteiger partial charge in [-0.05, 0) is 24.3 Å². The van der Waals surface area contributed by atoms with Crippen LogP contribution >= 0.6 is 9.65 Å². The molecule has 0 N–H and O–H groups in total. The van der Waals surface area contributed by atoms with Crippen molar-refractivity contribution in [3.8, 4) is 11.8 Å². The molecule has 0 aliphatic heterocycles. The third kappa shape index (κ3) is 6.12. The van der Waals surface area contributed by atoms with Crippen molar-refractivity contribution >= 4 is 9.65 Å². The summed E-state index contributed by atoms with van der Waals surface area (Å²) in [5.41, 5.74) is 8.53. The summed E-state index contributed by atoms with van der Waals surface area (Å²) >= 11 is -0.379. The van der Waals surface area contributed by atoms with Crippen LogP contribution in [0.1, 0.15) is 54.6 Å². The minimum atomic E-state index is -0.379. The van der Waals surface area contributed by atoms with Crippen LogP contribution in [0.15, 0.2) is 60.7 Å². The molecule has 0 saturated heterocycles. The molecule has 2 heterocycles. The van der Waals surface area contributed by atoms with E-state index in [1.165, 1.54) is 0 Å². The zero-order chi connectivity index (χ0) is 24.1. The van der Waals surface area contributed by atoms with Gasteiger partial charge < -0.3 is 0 Å². The van der Waals surface area contributed by atoms with Gasteiger partial charge in [0.05, 0.1) is 0 Å². The molecule has 0 radical (unpaired) electrons. The Morgan fingerprint density at radius 2 is 0.727 bits per heavy atom. The van der Waals surface area contributed by atoms with Crippen molar-refractivity contribution in [2.75, 3.05) is 0 Å². The fourth-order valence-electron chi connectivity index (χ4n) is 3.85. The van der Waals surface area contributed by atoms with Crippen LogP contribution in [0.2, 0.25) is 0 Å². The van der Waals surface area contributed by atoms with Crippen molar-refractivity contribution in [2.45, 2.75) is 55.4 Å². The number of hydrogen-bond donors (Lipinski definition) is 0. The summed E-state index contributed by atoms with van der Waals surface area (Å²) in [6.07, 6.45) is 0. The van der Waals surface area contributed by atoms with E-state index in [0.29, 0.717) is 0 Å². The molecule has 33 heavy (non-hydrogen) atoms. The molecule has 0 amide bonds. The predicted molar refractivity (Wildman–Crippen MR) is 146 cm³/mol. The molecule has 0 bridgehead atoms. The van der Waals surface area contributed by atoms with Crippen molar-refractivity contribution in [3.05, 3.63) is 115 Å². The molecular formula is C30H34P2Zr. The van der Waals surface area contributed by atoms with E-state index >= 15 is 0 Å². The van der Waals surface area contributed by atoms with Crippen molar-refractivity contribution in [3.63, 3.8) is 0 Å². The molecule has 168 valence electrons. The van der Waals surface area contributed by atoms with Crippen LogP contribution in [0.5, 0.6) is 0 Å². The maximum atomic E-state index is 3.11. The van der Waals surface area contributed by atoms with Crippen molar-refractivity contribution < 1.29 is 22.1 Å². The van der Waals surface area contributed by atoms with Gasteiger partial charge in [-0.3, -0.25) is 0 Å². The molecule has 0 unspecified atom stereocenters. The molecule has 0 saturated carbocycles. The Hall–Kier alpha value is -1.56. The van der Waals surface area contributed by atoms with Gasteiger partial charge in [0.2, 0.25) is 0 Å². The Bertz CT molecular complexity index is 1150. The van der Waals surface area contributed by atoms with Crippen LogP contribution in [-0.4, -0.2) is 0 Å². The zero-order valence-electron chi connectivity index (χ0n) is 21.2. The van der Waals surface area contributed by atoms with Gasteiger partial charge in [0.25, 0.3) is 0 Å². The van der Waals surface area contributed by atoms with Gasteiger partial charge in [-0.15, -0.1) is 0 Å². The third-order valence-electron chi connectivity index (χ3n) is 6.74. The summed E-state index contributed by atoms with van der Waals surface area (Å²) in [6, 6.07) is 20.0. The Kier molecular flexibility index (Phi) is 9.26. The first kappa shape index (κ1) is 26.1. The van der Waals surface area contributed by atoms with Crippen molar-refractivity contribution in [1.29, 1.82) is 0 Å². The summed E-state index contributed by atoms with van der Waals surface area (Å²) in [4.78, 5) is 0.282. The first-order valence-electron chi connectivity index (χ1n) is 11.4. The molecule has 0 spiro atoms. The number of hydrogen-bond acceptors (Lipinski definition) is 0. The molecule has 0 fully saturated rings. The number of rotatable bonds is 2. The van der Waals surface area contributed by atoms with Crippen LogP contribution < -0.4 is 0 Å². The third-order valence-corrected chi connectivity index (χ3v) is 31.1. The maximum absolute atomic E-state index is 3.11. The SMILES string of the molecule is C(#Cc1ccccc1)c1ccccc1.Cc1c(C)c(C)[p]([Zr][p]2c(C)c(C)c(C)c2C)c1C. The van der Waals surface area contributed by atoms with Crippen molar-refractivity contribution in [2.24, 2.45) is 0 Å². The monoisotopic (exact) mass is 546 g/mol. The second-order valence-electron chi connectivity index (χ2n) is 8.59. The molecule has 2 aromatic carbocycles. The average Bonchev–Trinajstić information content (AvgIpc) is 3.14. The van der Waals surface area contributed by atoms with Gasteiger partial charge in [0.1, 0.15) is 0 Å². The minimum absolute atomic E-state index is 0.141. The van der Waals surface area contributed by atoms with E-state index in [2.05, 4.69) is 67.2 Å². The summed E-state index contributed by atoms with van der Waals surface area (Å²) in [7, 11) is 0. The number of benzene rings is 2. The van der Waals surface area contributed by atoms with E-state index in [4.69, 9.17) is 0 Å². The predicted octanol–water partition coefficient (Wildman–Crippen LogP) is 9.52. The van der Waals surface area contributed by atoms with Gasteiger partial charge in [-0.2, -0.15) is 0 Å². The normalized spacial score (nSPS) is 10.2. The Morgan fingerprint density at radius 1 is 0.455 bits per heavy atom. The van der Waals surface area contributed by atoms with E-state index in [1.807, 2.05) is 60.7 Å². The van der Waals surface area contributed by atoms with E-state index in [0.717, 1.165) is 11.1 Å². The van der Waals surface area contributed by atoms with Crippen LogP contribution in [0.25, 0.3) is 0 Å². The topological polar surface area (TPSA) is 0 Å². The molecule has 4 aromatic rings.